The molecule has 0 atom stereocenters. The van der Waals surface area contributed by atoms with Gasteiger partial charge in [0.25, 0.3) is 0 Å². The monoisotopic (exact) mass is 302 g/mol. The van der Waals surface area contributed by atoms with Crippen LogP contribution < -0.4 is 4.74 Å². The molecule has 0 aliphatic rings. The molecule has 0 radical (unpaired) electrons. The van der Waals surface area contributed by atoms with E-state index in [9.17, 15) is 13.2 Å². The number of aliphatic hydroxyl groups is 1. The van der Waals surface area contributed by atoms with Gasteiger partial charge in [-0.3, -0.25) is 4.90 Å². The first-order valence-corrected chi connectivity index (χ1v) is 6.36. The molecule has 0 saturated heterocycles. The fraction of sp³-hybridized carbons (Fsp3) is 0.500. The summed E-state index contributed by atoms with van der Waals surface area (Å²) in [6.45, 7) is -1.07. The van der Waals surface area contributed by atoms with Crippen LogP contribution in [-0.4, -0.2) is 43.0 Å². The van der Waals surface area contributed by atoms with E-state index < -0.39 is 12.7 Å². The Morgan fingerprint density at radius 2 is 2.10 bits per heavy atom. The van der Waals surface area contributed by atoms with Gasteiger partial charge in [-0.25, -0.2) is 0 Å². The molecule has 0 saturated carbocycles. The van der Waals surface area contributed by atoms with Crippen molar-refractivity contribution in [2.75, 3.05) is 26.8 Å². The number of benzene rings is 1. The molecule has 0 fully saturated rings. The molecule has 0 aliphatic heterocycles. The third-order valence-corrected chi connectivity index (χ3v) is 2.85. The maximum Gasteiger partial charge on any atom is 0.401 e. The Morgan fingerprint density at radius 1 is 1.38 bits per heavy atom. The van der Waals surface area contributed by atoms with Gasteiger partial charge in [-0.1, -0.05) is 6.07 Å². The van der Waals surface area contributed by atoms with Crippen LogP contribution in [0.2, 0.25) is 0 Å². The quantitative estimate of drug-likeness (QED) is 0.840. The summed E-state index contributed by atoms with van der Waals surface area (Å²) >= 11 is 0. The summed E-state index contributed by atoms with van der Waals surface area (Å²) < 4.78 is 42.8. The van der Waals surface area contributed by atoms with Crippen molar-refractivity contribution in [3.05, 3.63) is 29.3 Å². The molecular weight excluding hydrogens is 285 g/mol. The zero-order chi connectivity index (χ0) is 15.9. The van der Waals surface area contributed by atoms with Gasteiger partial charge < -0.3 is 9.84 Å². The number of halogens is 3. The number of nitriles is 1. The van der Waals surface area contributed by atoms with Crippen LogP contribution in [0.1, 0.15) is 17.5 Å². The minimum Gasteiger partial charge on any atom is -0.496 e. The lowest BCUT2D eigenvalue weighted by Gasteiger charge is -2.24. The highest BCUT2D eigenvalue weighted by Crippen LogP contribution is 2.24. The van der Waals surface area contributed by atoms with Crippen molar-refractivity contribution in [3.8, 4) is 11.8 Å². The average molecular weight is 302 g/mol. The number of ether oxygens (including phenoxy) is 1. The second-order valence-electron chi connectivity index (χ2n) is 4.54. The molecular formula is C14H17F3N2O2. The lowest BCUT2D eigenvalue weighted by Crippen LogP contribution is -2.35. The van der Waals surface area contributed by atoms with E-state index in [2.05, 4.69) is 0 Å². The Kier molecular flexibility index (Phi) is 6.46. The third kappa shape index (κ3) is 6.02. The highest BCUT2D eigenvalue weighted by molar-refractivity contribution is 5.42. The normalized spacial score (nSPS) is 11.5. The summed E-state index contributed by atoms with van der Waals surface area (Å²) in [5.74, 6) is 0.380. The Balaban J connectivity index is 2.89. The smallest absolute Gasteiger partial charge is 0.401 e. The second-order valence-corrected chi connectivity index (χ2v) is 4.54. The summed E-state index contributed by atoms with van der Waals surface area (Å²) in [4.78, 5) is 1.19. The summed E-state index contributed by atoms with van der Waals surface area (Å²) in [5, 5.41) is 17.6. The Bertz CT molecular complexity index is 498. The maximum absolute atomic E-state index is 12.6. The van der Waals surface area contributed by atoms with Gasteiger partial charge in [-0.05, 0) is 18.6 Å². The van der Waals surface area contributed by atoms with Crippen molar-refractivity contribution in [1.82, 2.24) is 4.90 Å². The molecule has 4 nitrogen and oxygen atoms in total. The minimum atomic E-state index is -4.31. The highest BCUT2D eigenvalue weighted by Gasteiger charge is 2.30. The van der Waals surface area contributed by atoms with E-state index in [4.69, 9.17) is 15.1 Å². The first-order chi connectivity index (χ1) is 9.89. The predicted octanol–water partition coefficient (Wildman–Crippen LogP) is 2.31. The van der Waals surface area contributed by atoms with E-state index in [0.717, 1.165) is 0 Å². The lowest BCUT2D eigenvalue weighted by molar-refractivity contribution is -0.147. The molecule has 1 rings (SSSR count). The van der Waals surface area contributed by atoms with Crippen molar-refractivity contribution in [2.45, 2.75) is 19.1 Å². The van der Waals surface area contributed by atoms with Crippen LogP contribution in [0, 0.1) is 11.3 Å². The van der Waals surface area contributed by atoms with E-state index in [0.29, 0.717) is 16.9 Å². The van der Waals surface area contributed by atoms with Gasteiger partial charge in [-0.2, -0.15) is 18.4 Å². The fourth-order valence-corrected chi connectivity index (χ4v) is 1.95. The second kappa shape index (κ2) is 7.86. The zero-order valence-corrected chi connectivity index (χ0v) is 11.7. The van der Waals surface area contributed by atoms with Crippen LogP contribution in [0.5, 0.6) is 5.75 Å². The third-order valence-electron chi connectivity index (χ3n) is 2.85. The maximum atomic E-state index is 12.6. The molecule has 0 aliphatic carbocycles. The zero-order valence-electron chi connectivity index (χ0n) is 11.7. The van der Waals surface area contributed by atoms with Crippen LogP contribution >= 0.6 is 0 Å². The molecule has 21 heavy (non-hydrogen) atoms. The van der Waals surface area contributed by atoms with Gasteiger partial charge >= 0.3 is 6.18 Å². The van der Waals surface area contributed by atoms with Crippen LogP contribution in [-0.2, 0) is 6.54 Å². The summed E-state index contributed by atoms with van der Waals surface area (Å²) in [7, 11) is 1.40. The highest BCUT2D eigenvalue weighted by atomic mass is 19.4. The van der Waals surface area contributed by atoms with Crippen molar-refractivity contribution in [1.29, 1.82) is 5.26 Å². The van der Waals surface area contributed by atoms with Gasteiger partial charge in [0.05, 0.1) is 25.3 Å². The van der Waals surface area contributed by atoms with Crippen LogP contribution in [0.25, 0.3) is 0 Å². The van der Waals surface area contributed by atoms with Gasteiger partial charge in [0.1, 0.15) is 5.75 Å². The molecule has 1 N–H and O–H groups in total. The summed E-state index contributed by atoms with van der Waals surface area (Å²) in [6.07, 6.45) is -4.05. The van der Waals surface area contributed by atoms with Gasteiger partial charge in [-0.15, -0.1) is 0 Å². The molecule has 0 aromatic heterocycles. The number of methoxy groups -OCH3 is 1. The van der Waals surface area contributed by atoms with Crippen molar-refractivity contribution in [3.63, 3.8) is 0 Å². The topological polar surface area (TPSA) is 56.5 Å². The van der Waals surface area contributed by atoms with Gasteiger partial charge in [0, 0.05) is 25.3 Å². The largest absolute Gasteiger partial charge is 0.496 e. The number of alkyl halides is 3. The lowest BCUT2D eigenvalue weighted by atomic mass is 10.1. The molecule has 116 valence electrons. The minimum absolute atomic E-state index is 0.0361. The first kappa shape index (κ1) is 17.3. The molecule has 1 aromatic carbocycles. The van der Waals surface area contributed by atoms with E-state index in [-0.39, 0.29) is 26.1 Å². The summed E-state index contributed by atoms with van der Waals surface area (Å²) in [6, 6.07) is 6.56. The molecule has 0 unspecified atom stereocenters. The molecule has 0 heterocycles. The van der Waals surface area contributed by atoms with E-state index in [1.807, 2.05) is 6.07 Å². The number of rotatable bonds is 7. The number of aliphatic hydroxyl groups excluding tert-OH is 1. The predicted molar refractivity (Wildman–Crippen MR) is 70.7 cm³/mol. The number of hydrogen-bond acceptors (Lipinski definition) is 4. The Morgan fingerprint density at radius 3 is 2.62 bits per heavy atom. The van der Waals surface area contributed by atoms with Crippen LogP contribution in [0.3, 0.4) is 0 Å². The number of hydrogen-bond donors (Lipinski definition) is 1. The SMILES string of the molecule is COc1cc(C#N)ccc1CN(CCCO)CC(F)(F)F. The van der Waals surface area contributed by atoms with E-state index >= 15 is 0 Å². The molecule has 7 heteroatoms. The Labute approximate surface area is 121 Å². The first-order valence-electron chi connectivity index (χ1n) is 6.36. The van der Waals surface area contributed by atoms with Gasteiger partial charge in [0.2, 0.25) is 0 Å². The van der Waals surface area contributed by atoms with Crippen molar-refractivity contribution < 1.29 is 23.0 Å². The average Bonchev–Trinajstić information content (AvgIpc) is 2.43. The van der Waals surface area contributed by atoms with Crippen molar-refractivity contribution in [2.24, 2.45) is 0 Å². The van der Waals surface area contributed by atoms with E-state index in [1.165, 1.54) is 24.1 Å². The standard InChI is InChI=1S/C14H17F3N2O2/c1-21-13-7-11(8-18)3-4-12(13)9-19(5-2-6-20)10-14(15,16)17/h3-4,7,20H,2,5-6,9-10H2,1H3. The van der Waals surface area contributed by atoms with Gasteiger partial charge in [0.15, 0.2) is 0 Å². The molecule has 1 aromatic rings. The van der Waals surface area contributed by atoms with Crippen molar-refractivity contribution >= 4 is 0 Å². The van der Waals surface area contributed by atoms with Crippen LogP contribution in [0.15, 0.2) is 18.2 Å². The molecule has 0 bridgehead atoms. The molecule has 0 spiro atoms. The van der Waals surface area contributed by atoms with Crippen LogP contribution in [0.4, 0.5) is 13.2 Å². The summed E-state index contributed by atoms with van der Waals surface area (Å²) in [5.41, 5.74) is 0.951. The van der Waals surface area contributed by atoms with E-state index in [1.54, 1.807) is 6.07 Å². The molecule has 0 amide bonds. The number of nitrogens with zero attached hydrogens (tertiary/aromatic N) is 2. The fourth-order valence-electron chi connectivity index (χ4n) is 1.95. The Hall–Kier alpha value is -1.78.